The number of benzene rings is 3. The van der Waals surface area contributed by atoms with Gasteiger partial charge < -0.3 is 10.1 Å². The summed E-state index contributed by atoms with van der Waals surface area (Å²) in [4.78, 5) is 39.2. The Bertz CT molecular complexity index is 1540. The molecule has 1 fully saturated rings. The first kappa shape index (κ1) is 28.8. The summed E-state index contributed by atoms with van der Waals surface area (Å²) in [5.41, 5.74) is 6.19. The van der Waals surface area contributed by atoms with E-state index in [0.29, 0.717) is 32.2 Å². The van der Waals surface area contributed by atoms with Gasteiger partial charge in [-0.1, -0.05) is 79.6 Å². The third-order valence-electron chi connectivity index (χ3n) is 9.39. The van der Waals surface area contributed by atoms with Gasteiger partial charge >= 0.3 is 5.97 Å². The van der Waals surface area contributed by atoms with Crippen LogP contribution in [0.5, 0.6) is 0 Å². The maximum atomic E-state index is 14.0. The van der Waals surface area contributed by atoms with E-state index >= 15 is 0 Å². The number of esters is 1. The van der Waals surface area contributed by atoms with Crippen molar-refractivity contribution in [3.05, 3.63) is 101 Å². The number of carbonyl (C=O) groups excluding carboxylic acids is 3. The topological polar surface area (TPSA) is 88.1 Å². The zero-order chi connectivity index (χ0) is 30.0. The summed E-state index contributed by atoms with van der Waals surface area (Å²) < 4.78 is 5.09. The van der Waals surface area contributed by atoms with Crippen molar-refractivity contribution in [1.82, 2.24) is 5.01 Å². The van der Waals surface area contributed by atoms with Gasteiger partial charge in [-0.2, -0.15) is 5.10 Å². The molecule has 7 nitrogen and oxygen atoms in total. The zero-order valence-corrected chi connectivity index (χ0v) is 25.0. The van der Waals surface area contributed by atoms with E-state index in [1.807, 2.05) is 79.7 Å². The first-order valence-electron chi connectivity index (χ1n) is 15.4. The quantitative estimate of drug-likeness (QED) is 0.314. The van der Waals surface area contributed by atoms with Crippen LogP contribution in [0.1, 0.15) is 79.2 Å². The van der Waals surface area contributed by atoms with Gasteiger partial charge in [-0.15, -0.1) is 0 Å². The van der Waals surface area contributed by atoms with Crippen LogP contribution in [0, 0.1) is 11.3 Å². The summed E-state index contributed by atoms with van der Waals surface area (Å²) in [5, 5.41) is 9.51. The van der Waals surface area contributed by atoms with Gasteiger partial charge in [0.25, 0.3) is 0 Å². The summed E-state index contributed by atoms with van der Waals surface area (Å²) in [6.07, 6.45) is 6.52. The lowest BCUT2D eigenvalue weighted by atomic mass is 9.83. The van der Waals surface area contributed by atoms with Crippen LogP contribution in [-0.2, 0) is 38.5 Å². The van der Waals surface area contributed by atoms with E-state index in [1.165, 1.54) is 7.11 Å². The number of hydrogen-bond acceptors (Lipinski definition) is 5. The molecule has 1 aliphatic heterocycles. The molecule has 43 heavy (non-hydrogen) atoms. The third-order valence-corrected chi connectivity index (χ3v) is 9.39. The van der Waals surface area contributed by atoms with Crippen LogP contribution in [0.4, 0.5) is 5.69 Å². The number of fused-ring (bicyclic) bond motifs is 1. The molecule has 3 aromatic carbocycles. The number of anilines is 1. The number of methoxy groups -OCH3 is 1. The van der Waals surface area contributed by atoms with Crippen molar-refractivity contribution >= 4 is 29.2 Å². The number of hydrogen-bond donors (Lipinski definition) is 1. The minimum atomic E-state index is -0.625. The summed E-state index contributed by atoms with van der Waals surface area (Å²) in [6, 6.07) is 24.0. The average Bonchev–Trinajstić information content (AvgIpc) is 3.68. The molecule has 1 N–H and O–H groups in total. The van der Waals surface area contributed by atoms with Crippen LogP contribution in [0.2, 0.25) is 0 Å². The first-order valence-corrected chi connectivity index (χ1v) is 15.4. The van der Waals surface area contributed by atoms with E-state index in [4.69, 9.17) is 4.74 Å². The highest BCUT2D eigenvalue weighted by Crippen LogP contribution is 2.42. The van der Waals surface area contributed by atoms with Crippen molar-refractivity contribution in [2.24, 2.45) is 16.4 Å². The second-order valence-electron chi connectivity index (χ2n) is 12.5. The zero-order valence-electron chi connectivity index (χ0n) is 25.0. The Balaban J connectivity index is 1.20. The predicted molar refractivity (Wildman–Crippen MR) is 167 cm³/mol. The Hall–Kier alpha value is -4.26. The Kier molecular flexibility index (Phi) is 8.15. The lowest BCUT2D eigenvalue weighted by molar-refractivity contribution is -0.151. The highest BCUT2D eigenvalue weighted by Gasteiger charge is 2.42. The number of nitrogens with zero attached hydrogens (tertiary/aromatic N) is 2. The fourth-order valence-electron chi connectivity index (χ4n) is 7.09. The largest absolute Gasteiger partial charge is 0.469 e. The second-order valence-corrected chi connectivity index (χ2v) is 12.5. The minimum absolute atomic E-state index is 0.0111. The fraction of sp³-hybridized carbons (Fsp3) is 0.389. The predicted octanol–water partition coefficient (Wildman–Crippen LogP) is 6.40. The second kappa shape index (κ2) is 12.2. The van der Waals surface area contributed by atoms with Crippen molar-refractivity contribution in [2.45, 2.75) is 70.8 Å². The number of rotatable bonds is 8. The smallest absolute Gasteiger partial charge is 0.312 e. The van der Waals surface area contributed by atoms with Gasteiger partial charge in [0.2, 0.25) is 11.8 Å². The minimum Gasteiger partial charge on any atom is -0.469 e. The summed E-state index contributed by atoms with van der Waals surface area (Å²) in [7, 11) is 1.43. The van der Waals surface area contributed by atoms with Crippen molar-refractivity contribution in [3.63, 3.8) is 0 Å². The van der Waals surface area contributed by atoms with Gasteiger partial charge in [0.1, 0.15) is 0 Å². The summed E-state index contributed by atoms with van der Waals surface area (Å²) in [5.74, 6) is -0.225. The van der Waals surface area contributed by atoms with Crippen molar-refractivity contribution < 1.29 is 19.1 Å². The van der Waals surface area contributed by atoms with Gasteiger partial charge in [0, 0.05) is 18.5 Å². The Labute approximate surface area is 253 Å². The number of ether oxygens (including phenoxy) is 1. The van der Waals surface area contributed by atoms with Gasteiger partial charge in [-0.05, 0) is 72.4 Å². The molecule has 222 valence electrons. The molecule has 7 heteroatoms. The van der Waals surface area contributed by atoms with Crippen molar-refractivity contribution in [3.8, 4) is 0 Å². The maximum Gasteiger partial charge on any atom is 0.312 e. The molecular weight excluding hydrogens is 538 g/mol. The molecule has 1 heterocycles. The number of nitrogens with one attached hydrogen (secondary N) is 1. The molecule has 0 bridgehead atoms. The molecule has 2 atom stereocenters. The lowest BCUT2D eigenvalue weighted by Crippen LogP contribution is -2.31. The van der Waals surface area contributed by atoms with Crippen LogP contribution in [-0.4, -0.2) is 35.6 Å². The molecule has 1 saturated carbocycles. The van der Waals surface area contributed by atoms with Gasteiger partial charge in [-0.25, -0.2) is 5.01 Å². The molecule has 2 unspecified atom stereocenters. The molecular formula is C36H39N3O4. The molecule has 0 radical (unpaired) electrons. The molecule has 0 aromatic heterocycles. The molecule has 3 aliphatic rings. The fourth-order valence-corrected chi connectivity index (χ4v) is 7.09. The average molecular weight is 578 g/mol. The lowest BCUT2D eigenvalue weighted by Gasteiger charge is -2.25. The summed E-state index contributed by atoms with van der Waals surface area (Å²) >= 11 is 0. The number of carbonyl (C=O) groups is 3. The molecule has 6 rings (SSSR count). The van der Waals surface area contributed by atoms with E-state index in [1.54, 1.807) is 5.01 Å². The Morgan fingerprint density at radius 3 is 2.44 bits per heavy atom. The number of amides is 2. The van der Waals surface area contributed by atoms with E-state index in [-0.39, 0.29) is 29.6 Å². The highest BCUT2D eigenvalue weighted by atomic mass is 16.5. The normalized spacial score (nSPS) is 20.8. The number of hydrazone groups is 1. The summed E-state index contributed by atoms with van der Waals surface area (Å²) in [6.45, 7) is 2.32. The first-order chi connectivity index (χ1) is 20.8. The van der Waals surface area contributed by atoms with Crippen LogP contribution in [0.15, 0.2) is 77.9 Å². The van der Waals surface area contributed by atoms with Crippen LogP contribution in [0.3, 0.4) is 0 Å². The monoisotopic (exact) mass is 577 g/mol. The van der Waals surface area contributed by atoms with E-state index in [0.717, 1.165) is 64.9 Å². The molecule has 2 amide bonds. The van der Waals surface area contributed by atoms with Crippen molar-refractivity contribution in [2.75, 3.05) is 12.4 Å². The Morgan fingerprint density at radius 2 is 1.72 bits per heavy atom. The third kappa shape index (κ3) is 5.99. The van der Waals surface area contributed by atoms with Gasteiger partial charge in [-0.3, -0.25) is 14.4 Å². The molecule has 0 saturated heterocycles. The van der Waals surface area contributed by atoms with E-state index in [9.17, 15) is 14.4 Å². The van der Waals surface area contributed by atoms with Gasteiger partial charge in [0.05, 0.1) is 30.7 Å². The SMILES string of the molecule is COC(=O)C1(C)Cc2cccc(NC(=O)C(c3ccc(CN4N=C(c5ccccc5)CCC4=O)cc3)C3CCCC3)c2C1. The maximum absolute atomic E-state index is 14.0. The molecule has 0 spiro atoms. The standard InChI is InChI=1S/C36H39N3O4/c1-36(35(42)43-2)21-28-13-8-14-31(29(28)22-36)37-34(41)33(26-11-6-7-12-26)27-17-15-24(16-18-27)23-39-32(40)20-19-30(38-39)25-9-4-3-5-10-25/h3-5,8-10,13-18,26,33H,6-7,11-12,19-23H2,1-2H3,(H,37,41). The van der Waals surface area contributed by atoms with Crippen LogP contribution < -0.4 is 5.32 Å². The molecule has 3 aromatic rings. The Morgan fingerprint density at radius 1 is 0.977 bits per heavy atom. The van der Waals surface area contributed by atoms with Crippen molar-refractivity contribution in [1.29, 1.82) is 0 Å². The molecule has 2 aliphatic carbocycles. The van der Waals surface area contributed by atoms with Gasteiger partial charge in [0.15, 0.2) is 0 Å². The van der Waals surface area contributed by atoms with Crippen LogP contribution >= 0.6 is 0 Å². The van der Waals surface area contributed by atoms with Crippen LogP contribution in [0.25, 0.3) is 0 Å². The van der Waals surface area contributed by atoms with E-state index < -0.39 is 5.41 Å². The van der Waals surface area contributed by atoms with E-state index in [2.05, 4.69) is 10.4 Å². The highest BCUT2D eigenvalue weighted by molar-refractivity contribution is 6.04.